The molecule has 0 spiro atoms. The van der Waals surface area contributed by atoms with E-state index in [9.17, 15) is 0 Å². The molecule has 5 rings (SSSR count). The number of rotatable bonds is 18. The maximum Gasteiger partial charge on any atom is 0.0721 e. The molecular formula is C36H46O6. The fraction of sp³-hybridized carbons (Fsp3) is 0.500. The first-order valence-corrected chi connectivity index (χ1v) is 15.3. The van der Waals surface area contributed by atoms with Gasteiger partial charge in [-0.3, -0.25) is 0 Å². The summed E-state index contributed by atoms with van der Waals surface area (Å²) in [4.78, 5) is 0. The summed E-state index contributed by atoms with van der Waals surface area (Å²) in [5.74, 6) is 0. The lowest BCUT2D eigenvalue weighted by Gasteiger charge is -2.40. The Hall–Kier alpha value is -2.58. The molecule has 0 N–H and O–H groups in total. The molecular weight excluding hydrogens is 528 g/mol. The summed E-state index contributed by atoms with van der Waals surface area (Å²) in [5.41, 5.74) is 7.46. The van der Waals surface area contributed by atoms with Crippen LogP contribution in [-0.4, -0.2) is 39.6 Å². The van der Waals surface area contributed by atoms with Crippen LogP contribution in [0, 0.1) is 10.8 Å². The Balaban J connectivity index is 0.942. The van der Waals surface area contributed by atoms with Crippen LogP contribution >= 0.6 is 0 Å². The van der Waals surface area contributed by atoms with Crippen LogP contribution in [0.1, 0.15) is 60.1 Å². The number of ether oxygens (including phenoxy) is 6. The van der Waals surface area contributed by atoms with E-state index in [1.54, 1.807) is 0 Å². The van der Waals surface area contributed by atoms with Crippen LogP contribution in [0.3, 0.4) is 0 Å². The van der Waals surface area contributed by atoms with Gasteiger partial charge in [0.25, 0.3) is 0 Å². The summed E-state index contributed by atoms with van der Waals surface area (Å²) >= 11 is 0. The van der Waals surface area contributed by atoms with E-state index in [0.29, 0.717) is 39.6 Å². The van der Waals surface area contributed by atoms with E-state index in [1.165, 1.54) is 11.1 Å². The highest BCUT2D eigenvalue weighted by molar-refractivity contribution is 5.24. The zero-order chi connectivity index (χ0) is 29.1. The molecule has 0 saturated carbocycles. The molecule has 0 atom stereocenters. The third-order valence-corrected chi connectivity index (χ3v) is 8.63. The molecule has 226 valence electrons. The lowest BCUT2D eigenvalue weighted by Crippen LogP contribution is -2.45. The Labute approximate surface area is 251 Å². The fourth-order valence-electron chi connectivity index (χ4n) is 5.10. The highest BCUT2D eigenvalue weighted by atomic mass is 16.5. The predicted octanol–water partition coefficient (Wildman–Crippen LogP) is 7.01. The van der Waals surface area contributed by atoms with Crippen molar-refractivity contribution in [1.29, 1.82) is 0 Å². The number of hydrogen-bond acceptors (Lipinski definition) is 6. The van der Waals surface area contributed by atoms with E-state index in [2.05, 4.69) is 86.6 Å². The van der Waals surface area contributed by atoms with Crippen molar-refractivity contribution in [2.45, 2.75) is 66.3 Å². The maximum absolute atomic E-state index is 5.96. The van der Waals surface area contributed by atoms with E-state index in [0.717, 1.165) is 74.7 Å². The van der Waals surface area contributed by atoms with Crippen LogP contribution in [0.2, 0.25) is 0 Å². The molecule has 0 unspecified atom stereocenters. The lowest BCUT2D eigenvalue weighted by molar-refractivity contribution is -0.152. The van der Waals surface area contributed by atoms with Crippen LogP contribution in [0.4, 0.5) is 0 Å². The summed E-state index contributed by atoms with van der Waals surface area (Å²) in [5, 5.41) is 0. The largest absolute Gasteiger partial charge is 0.380 e. The summed E-state index contributed by atoms with van der Waals surface area (Å²) in [7, 11) is 0. The summed E-state index contributed by atoms with van der Waals surface area (Å²) in [6.07, 6.45) is 2.20. The van der Waals surface area contributed by atoms with E-state index in [1.807, 2.05) is 0 Å². The third-order valence-electron chi connectivity index (χ3n) is 8.63. The van der Waals surface area contributed by atoms with E-state index >= 15 is 0 Å². The van der Waals surface area contributed by atoms with Gasteiger partial charge in [0.15, 0.2) is 0 Å². The minimum Gasteiger partial charge on any atom is -0.380 e. The molecule has 0 radical (unpaired) electrons. The highest BCUT2D eigenvalue weighted by Gasteiger charge is 2.37. The number of hydrogen-bond donors (Lipinski definition) is 0. The second-order valence-corrected chi connectivity index (χ2v) is 12.1. The van der Waals surface area contributed by atoms with Gasteiger partial charge in [0.1, 0.15) is 0 Å². The Morgan fingerprint density at radius 3 is 0.857 bits per heavy atom. The van der Waals surface area contributed by atoms with Crippen LogP contribution in [0.5, 0.6) is 0 Å². The molecule has 2 aliphatic heterocycles. The molecule has 0 aromatic heterocycles. The minimum absolute atomic E-state index is 0.228. The van der Waals surface area contributed by atoms with Gasteiger partial charge in [0.2, 0.25) is 0 Å². The van der Waals surface area contributed by atoms with Crippen molar-refractivity contribution < 1.29 is 28.4 Å². The molecule has 3 aromatic carbocycles. The van der Waals surface area contributed by atoms with E-state index < -0.39 is 0 Å². The van der Waals surface area contributed by atoms with Gasteiger partial charge in [0.05, 0.1) is 79.3 Å². The first kappa shape index (κ1) is 30.9. The van der Waals surface area contributed by atoms with Crippen molar-refractivity contribution in [2.24, 2.45) is 10.8 Å². The van der Waals surface area contributed by atoms with Gasteiger partial charge in [-0.1, -0.05) is 86.6 Å². The Morgan fingerprint density at radius 2 is 0.667 bits per heavy atom. The first-order valence-electron chi connectivity index (χ1n) is 15.3. The quantitative estimate of drug-likeness (QED) is 0.163. The predicted molar refractivity (Wildman–Crippen MR) is 163 cm³/mol. The topological polar surface area (TPSA) is 55.4 Å². The van der Waals surface area contributed by atoms with Crippen molar-refractivity contribution in [1.82, 2.24) is 0 Å². The Morgan fingerprint density at radius 1 is 0.429 bits per heavy atom. The van der Waals surface area contributed by atoms with Crippen LogP contribution in [-0.2, 0) is 68.1 Å². The fourth-order valence-corrected chi connectivity index (χ4v) is 5.10. The molecule has 2 saturated heterocycles. The molecule has 6 nitrogen and oxygen atoms in total. The molecule has 3 aromatic rings. The monoisotopic (exact) mass is 574 g/mol. The van der Waals surface area contributed by atoms with E-state index in [4.69, 9.17) is 28.4 Å². The normalized spacial score (nSPS) is 17.0. The van der Waals surface area contributed by atoms with Gasteiger partial charge in [-0.25, -0.2) is 0 Å². The van der Waals surface area contributed by atoms with Crippen molar-refractivity contribution in [3.8, 4) is 0 Å². The molecule has 2 heterocycles. The average Bonchev–Trinajstić information content (AvgIpc) is 2.98. The maximum atomic E-state index is 5.96. The van der Waals surface area contributed by atoms with Crippen molar-refractivity contribution >= 4 is 0 Å². The molecule has 0 amide bonds. The summed E-state index contributed by atoms with van der Waals surface area (Å²) < 4.78 is 34.6. The Bertz CT molecular complexity index is 1090. The molecule has 2 fully saturated rings. The van der Waals surface area contributed by atoms with E-state index in [-0.39, 0.29) is 10.8 Å². The van der Waals surface area contributed by atoms with Crippen molar-refractivity contribution in [2.75, 3.05) is 39.6 Å². The van der Waals surface area contributed by atoms with Crippen LogP contribution in [0.15, 0.2) is 72.8 Å². The zero-order valence-corrected chi connectivity index (χ0v) is 25.3. The van der Waals surface area contributed by atoms with Gasteiger partial charge in [-0.15, -0.1) is 0 Å². The van der Waals surface area contributed by atoms with Crippen LogP contribution in [0.25, 0.3) is 0 Å². The average molecular weight is 575 g/mol. The van der Waals surface area contributed by atoms with Gasteiger partial charge in [0, 0.05) is 10.8 Å². The van der Waals surface area contributed by atoms with Crippen LogP contribution < -0.4 is 0 Å². The summed E-state index contributed by atoms with van der Waals surface area (Å²) in [6.45, 7) is 12.8. The molecule has 6 heteroatoms. The molecule has 42 heavy (non-hydrogen) atoms. The second kappa shape index (κ2) is 15.2. The Kier molecular flexibility index (Phi) is 11.2. The smallest absolute Gasteiger partial charge is 0.0721 e. The van der Waals surface area contributed by atoms with Gasteiger partial charge in [-0.2, -0.15) is 0 Å². The first-order chi connectivity index (χ1) is 20.6. The lowest BCUT2D eigenvalue weighted by atomic mass is 9.84. The SMILES string of the molecule is CCC1(COCc2ccc(COCc3ccc(COCc4ccc(COCC5(CC)COC5)cc4)cc3)cc2)COC1. The van der Waals surface area contributed by atoms with Crippen molar-refractivity contribution in [3.63, 3.8) is 0 Å². The van der Waals surface area contributed by atoms with Gasteiger partial charge >= 0.3 is 0 Å². The summed E-state index contributed by atoms with van der Waals surface area (Å²) in [6, 6.07) is 25.4. The van der Waals surface area contributed by atoms with Gasteiger partial charge in [-0.05, 0) is 46.2 Å². The molecule has 2 aliphatic rings. The zero-order valence-electron chi connectivity index (χ0n) is 25.3. The molecule has 0 aliphatic carbocycles. The standard InChI is InChI=1S/C36H46O6/c1-3-35(25-41-26-35)23-39-21-33-13-9-31(10-14-33)19-37-17-29-5-7-30(8-6-29)18-38-20-32-11-15-34(16-12-32)22-40-24-36(4-2)27-42-28-36/h5-16H,3-4,17-28H2,1-2H3. The second-order valence-electron chi connectivity index (χ2n) is 12.1. The minimum atomic E-state index is 0.228. The molecule has 0 bridgehead atoms. The number of benzene rings is 3. The third kappa shape index (κ3) is 8.73. The van der Waals surface area contributed by atoms with Crippen molar-refractivity contribution in [3.05, 3.63) is 106 Å². The van der Waals surface area contributed by atoms with Gasteiger partial charge < -0.3 is 28.4 Å². The highest BCUT2D eigenvalue weighted by Crippen LogP contribution is 2.32.